The number of nitrogens with zero attached hydrogens (tertiary/aromatic N) is 3. The van der Waals surface area contributed by atoms with Crippen LogP contribution in [-0.2, 0) is 4.79 Å². The summed E-state index contributed by atoms with van der Waals surface area (Å²) in [6, 6.07) is 13.4. The van der Waals surface area contributed by atoms with Gasteiger partial charge in [-0.05, 0) is 31.2 Å². The number of nitrogens with one attached hydrogen (secondary N) is 1. The average Bonchev–Trinajstić information content (AvgIpc) is 3.37. The highest BCUT2D eigenvalue weighted by molar-refractivity contribution is 8.00. The van der Waals surface area contributed by atoms with Gasteiger partial charge >= 0.3 is 0 Å². The number of amides is 1. The lowest BCUT2D eigenvalue weighted by Gasteiger charge is -2.11. The molecule has 1 aliphatic heterocycles. The Kier molecular flexibility index (Phi) is 3.91. The summed E-state index contributed by atoms with van der Waals surface area (Å²) >= 11 is 2.96. The van der Waals surface area contributed by atoms with Crippen molar-refractivity contribution >= 4 is 49.9 Å². The molecule has 7 nitrogen and oxygen atoms in total. The molecule has 27 heavy (non-hydrogen) atoms. The quantitative estimate of drug-likeness (QED) is 0.527. The molecule has 0 spiro atoms. The van der Waals surface area contributed by atoms with Crippen LogP contribution in [-0.4, -0.2) is 32.5 Å². The number of rotatable bonds is 4. The first kappa shape index (κ1) is 16.4. The maximum absolute atomic E-state index is 12.6. The first-order valence-corrected chi connectivity index (χ1v) is 9.98. The third kappa shape index (κ3) is 2.88. The van der Waals surface area contributed by atoms with Crippen molar-refractivity contribution in [2.45, 2.75) is 17.3 Å². The van der Waals surface area contributed by atoms with Crippen molar-refractivity contribution < 1.29 is 14.3 Å². The zero-order valence-corrected chi connectivity index (χ0v) is 15.8. The van der Waals surface area contributed by atoms with E-state index in [-0.39, 0.29) is 18.0 Å². The van der Waals surface area contributed by atoms with Crippen molar-refractivity contribution in [1.82, 2.24) is 14.6 Å². The molecule has 1 amide bonds. The smallest absolute Gasteiger partial charge is 0.237 e. The topological polar surface area (TPSA) is 77.8 Å². The molecular weight excluding hydrogens is 384 g/mol. The second kappa shape index (κ2) is 6.43. The van der Waals surface area contributed by atoms with Gasteiger partial charge < -0.3 is 14.8 Å². The number of fused-ring (bicyclic) bond motifs is 4. The summed E-state index contributed by atoms with van der Waals surface area (Å²) in [6.07, 6.45) is 0. The lowest BCUT2D eigenvalue weighted by Crippen LogP contribution is -2.22. The van der Waals surface area contributed by atoms with Crippen LogP contribution in [0.25, 0.3) is 15.2 Å². The van der Waals surface area contributed by atoms with E-state index in [0.717, 1.165) is 15.2 Å². The van der Waals surface area contributed by atoms with E-state index in [9.17, 15) is 4.79 Å². The lowest BCUT2D eigenvalue weighted by atomic mass is 10.2. The predicted octanol–water partition coefficient (Wildman–Crippen LogP) is 3.79. The van der Waals surface area contributed by atoms with Crippen LogP contribution in [0, 0.1) is 0 Å². The zero-order valence-electron chi connectivity index (χ0n) is 14.2. The summed E-state index contributed by atoms with van der Waals surface area (Å²) in [5, 5.41) is 11.8. The molecule has 136 valence electrons. The molecule has 1 aliphatic rings. The van der Waals surface area contributed by atoms with Gasteiger partial charge in [-0.2, -0.15) is 0 Å². The highest BCUT2D eigenvalue weighted by Crippen LogP contribution is 2.35. The standard InChI is InChI=1S/C18H14N4O3S2/c1-10(16(23)19-11-6-7-13-14(8-11)25-9-24-13)26-17-20-21-18-22(17)12-4-2-3-5-15(12)27-18/h2-8,10H,9H2,1H3,(H,19,23). The van der Waals surface area contributed by atoms with Crippen LogP contribution in [0.1, 0.15) is 6.92 Å². The van der Waals surface area contributed by atoms with Crippen molar-refractivity contribution in [2.24, 2.45) is 0 Å². The predicted molar refractivity (Wildman–Crippen MR) is 105 cm³/mol. The van der Waals surface area contributed by atoms with Gasteiger partial charge in [0.1, 0.15) is 0 Å². The van der Waals surface area contributed by atoms with Crippen LogP contribution in [0.15, 0.2) is 47.6 Å². The summed E-state index contributed by atoms with van der Waals surface area (Å²) in [7, 11) is 0. The van der Waals surface area contributed by atoms with Crippen LogP contribution in [0.5, 0.6) is 11.5 Å². The van der Waals surface area contributed by atoms with E-state index >= 15 is 0 Å². The molecule has 9 heteroatoms. The molecule has 0 saturated carbocycles. The molecule has 0 fully saturated rings. The van der Waals surface area contributed by atoms with Crippen molar-refractivity contribution in [3.63, 3.8) is 0 Å². The van der Waals surface area contributed by atoms with Gasteiger partial charge in [0.2, 0.25) is 17.7 Å². The highest BCUT2D eigenvalue weighted by Gasteiger charge is 2.21. The molecule has 0 bridgehead atoms. The molecule has 0 radical (unpaired) electrons. The monoisotopic (exact) mass is 398 g/mol. The number of thioether (sulfide) groups is 1. The fraction of sp³-hybridized carbons (Fsp3) is 0.167. The number of carbonyl (C=O) groups is 1. The van der Waals surface area contributed by atoms with Gasteiger partial charge in [-0.15, -0.1) is 10.2 Å². The van der Waals surface area contributed by atoms with E-state index in [2.05, 4.69) is 21.6 Å². The number of hydrogen-bond donors (Lipinski definition) is 1. The Bertz CT molecular complexity index is 1170. The number of para-hydroxylation sites is 1. The number of carbonyl (C=O) groups excluding carboxylic acids is 1. The third-order valence-corrected chi connectivity index (χ3v) is 6.26. The van der Waals surface area contributed by atoms with Gasteiger partial charge in [0.25, 0.3) is 0 Å². The molecule has 0 aliphatic carbocycles. The van der Waals surface area contributed by atoms with E-state index in [1.54, 1.807) is 29.5 Å². The third-order valence-electron chi connectivity index (χ3n) is 4.20. The number of aromatic nitrogens is 3. The molecule has 2 aromatic heterocycles. The summed E-state index contributed by atoms with van der Waals surface area (Å²) in [6.45, 7) is 2.05. The van der Waals surface area contributed by atoms with Crippen LogP contribution < -0.4 is 14.8 Å². The van der Waals surface area contributed by atoms with Crippen LogP contribution in [0.4, 0.5) is 5.69 Å². The van der Waals surface area contributed by atoms with Crippen molar-refractivity contribution in [2.75, 3.05) is 12.1 Å². The van der Waals surface area contributed by atoms with Crippen molar-refractivity contribution in [1.29, 1.82) is 0 Å². The number of benzene rings is 2. The number of anilines is 1. The van der Waals surface area contributed by atoms with E-state index in [4.69, 9.17) is 9.47 Å². The molecule has 2 aromatic carbocycles. The maximum Gasteiger partial charge on any atom is 0.237 e. The van der Waals surface area contributed by atoms with Gasteiger partial charge in [-0.1, -0.05) is 35.2 Å². The fourth-order valence-corrected chi connectivity index (χ4v) is 4.74. The van der Waals surface area contributed by atoms with Gasteiger partial charge in [0, 0.05) is 11.8 Å². The van der Waals surface area contributed by atoms with E-state index in [1.807, 2.05) is 29.5 Å². The van der Waals surface area contributed by atoms with E-state index < -0.39 is 0 Å². The second-order valence-corrected chi connectivity index (χ2v) is 8.30. The molecule has 1 unspecified atom stereocenters. The van der Waals surface area contributed by atoms with E-state index in [0.29, 0.717) is 22.3 Å². The summed E-state index contributed by atoms with van der Waals surface area (Å²) in [5.74, 6) is 1.21. The first-order chi connectivity index (χ1) is 13.2. The molecule has 0 saturated heterocycles. The van der Waals surface area contributed by atoms with Crippen molar-refractivity contribution in [3.05, 3.63) is 42.5 Å². The average molecular weight is 398 g/mol. The minimum atomic E-state index is -0.346. The zero-order chi connectivity index (χ0) is 18.4. The SMILES string of the molecule is CC(Sc1nnc2sc3ccccc3n12)C(=O)Nc1ccc2c(c1)OCO2. The normalized spacial score (nSPS) is 14.0. The van der Waals surface area contributed by atoms with Gasteiger partial charge in [-0.3, -0.25) is 9.20 Å². The Labute approximate surface area is 162 Å². The van der Waals surface area contributed by atoms with Gasteiger partial charge in [0.05, 0.1) is 15.5 Å². The lowest BCUT2D eigenvalue weighted by molar-refractivity contribution is -0.115. The van der Waals surface area contributed by atoms with Gasteiger partial charge in [0.15, 0.2) is 16.7 Å². The Morgan fingerprint density at radius 2 is 2.07 bits per heavy atom. The van der Waals surface area contributed by atoms with Crippen LogP contribution in [0.2, 0.25) is 0 Å². The number of ether oxygens (including phenoxy) is 2. The molecule has 1 N–H and O–H groups in total. The molecule has 4 aromatic rings. The minimum Gasteiger partial charge on any atom is -0.454 e. The van der Waals surface area contributed by atoms with Crippen LogP contribution in [0.3, 0.4) is 0 Å². The second-order valence-electron chi connectivity index (χ2n) is 5.99. The largest absolute Gasteiger partial charge is 0.454 e. The Hall–Kier alpha value is -2.78. The Balaban J connectivity index is 1.36. The van der Waals surface area contributed by atoms with Gasteiger partial charge in [-0.25, -0.2) is 0 Å². The number of thiazole rings is 1. The molecule has 5 rings (SSSR count). The molecule has 1 atom stereocenters. The molecule has 3 heterocycles. The fourth-order valence-electron chi connectivity index (χ4n) is 2.86. The Morgan fingerprint density at radius 1 is 1.22 bits per heavy atom. The summed E-state index contributed by atoms with van der Waals surface area (Å²) < 4.78 is 13.8. The Morgan fingerprint density at radius 3 is 3.00 bits per heavy atom. The van der Waals surface area contributed by atoms with Crippen LogP contribution >= 0.6 is 23.1 Å². The van der Waals surface area contributed by atoms with Crippen molar-refractivity contribution in [3.8, 4) is 11.5 Å². The molecular formula is C18H14N4O3S2. The minimum absolute atomic E-state index is 0.116. The first-order valence-electron chi connectivity index (χ1n) is 8.29. The maximum atomic E-state index is 12.6. The summed E-state index contributed by atoms with van der Waals surface area (Å²) in [5.41, 5.74) is 1.72. The summed E-state index contributed by atoms with van der Waals surface area (Å²) in [4.78, 5) is 13.4. The number of hydrogen-bond acceptors (Lipinski definition) is 7. The van der Waals surface area contributed by atoms with E-state index in [1.165, 1.54) is 11.8 Å². The highest BCUT2D eigenvalue weighted by atomic mass is 32.2.